The Labute approximate surface area is 237 Å². The lowest BCUT2D eigenvalue weighted by molar-refractivity contribution is -0.164. The fourth-order valence-corrected chi connectivity index (χ4v) is 10.5. The van der Waals surface area contributed by atoms with Gasteiger partial charge in [0.05, 0.1) is 12.0 Å². The van der Waals surface area contributed by atoms with Crippen LogP contribution in [0.15, 0.2) is 36.1 Å². The summed E-state index contributed by atoms with van der Waals surface area (Å²) in [6, 6.07) is 0. The molecule has 0 saturated heterocycles. The number of fused-ring (bicyclic) bond motifs is 7. The number of hydrogen-bond acceptors (Lipinski definition) is 5. The molecular formula is C33H42N4O3. The van der Waals surface area contributed by atoms with Gasteiger partial charge in [-0.2, -0.15) is 9.78 Å². The molecule has 7 atom stereocenters. The quantitative estimate of drug-likeness (QED) is 0.379. The van der Waals surface area contributed by atoms with Crippen LogP contribution in [0.2, 0.25) is 0 Å². The van der Waals surface area contributed by atoms with Crippen molar-refractivity contribution in [2.45, 2.75) is 93.4 Å². The first-order chi connectivity index (χ1) is 18.6. The SMILES string of the molecule is [C-]#[N+]C1=C[C@]2(C)C3=CC(=O)C4C5CC(C)(C)CC[C@]5(C(=O)n5cncn5)CC[C@@]4(C)[C@]3(C)CC[C@H]2C(C)(C)C1=O. The molecule has 3 saturated carbocycles. The van der Waals surface area contributed by atoms with E-state index in [9.17, 15) is 14.4 Å². The highest BCUT2D eigenvalue weighted by Crippen LogP contribution is 2.74. The van der Waals surface area contributed by atoms with Crippen molar-refractivity contribution in [3.05, 3.63) is 47.5 Å². The Hall–Kier alpha value is -2.88. The molecular weight excluding hydrogens is 500 g/mol. The second-order valence-electron chi connectivity index (χ2n) is 15.5. The second kappa shape index (κ2) is 8.11. The summed E-state index contributed by atoms with van der Waals surface area (Å²) in [6.07, 6.45) is 12.5. The Morgan fingerprint density at radius 1 is 1.02 bits per heavy atom. The molecule has 0 aromatic carbocycles. The highest BCUT2D eigenvalue weighted by molar-refractivity contribution is 6.03. The Bertz CT molecular complexity index is 1430. The van der Waals surface area contributed by atoms with Crippen LogP contribution in [0.3, 0.4) is 0 Å². The van der Waals surface area contributed by atoms with Gasteiger partial charge in [-0.15, -0.1) is 0 Å². The summed E-state index contributed by atoms with van der Waals surface area (Å²) in [7, 11) is 0. The van der Waals surface area contributed by atoms with Gasteiger partial charge in [-0.05, 0) is 79.1 Å². The highest BCUT2D eigenvalue weighted by atomic mass is 16.2. The molecule has 0 N–H and O–H groups in total. The molecule has 3 fully saturated rings. The van der Waals surface area contributed by atoms with Crippen LogP contribution in [-0.4, -0.2) is 32.2 Å². The first-order valence-electron chi connectivity index (χ1n) is 14.9. The molecule has 0 bridgehead atoms. The van der Waals surface area contributed by atoms with Crippen molar-refractivity contribution in [2.24, 2.45) is 50.2 Å². The monoisotopic (exact) mass is 542 g/mol. The number of Topliss-reactive ketones (excluding diaryl/α,β-unsaturated/α-hetero) is 1. The van der Waals surface area contributed by atoms with E-state index in [0.29, 0.717) is 0 Å². The van der Waals surface area contributed by atoms with Gasteiger partial charge < -0.3 is 4.79 Å². The minimum atomic E-state index is -0.675. The Kier molecular flexibility index (Phi) is 5.53. The Balaban J connectivity index is 1.53. The van der Waals surface area contributed by atoms with E-state index in [-0.39, 0.29) is 57.2 Å². The van der Waals surface area contributed by atoms with E-state index in [1.165, 1.54) is 17.3 Å². The number of ketones is 2. The minimum Gasteiger partial charge on any atom is -0.307 e. The van der Waals surface area contributed by atoms with Gasteiger partial charge in [-0.1, -0.05) is 60.1 Å². The molecule has 5 aliphatic carbocycles. The van der Waals surface area contributed by atoms with Crippen LogP contribution < -0.4 is 0 Å². The van der Waals surface area contributed by atoms with Gasteiger partial charge in [0.2, 0.25) is 5.70 Å². The molecule has 1 aromatic heterocycles. The number of nitrogens with zero attached hydrogens (tertiary/aromatic N) is 4. The third kappa shape index (κ3) is 3.20. The number of allylic oxidation sites excluding steroid dienone is 4. The minimum absolute atomic E-state index is 0.0203. The molecule has 2 unspecified atom stereocenters. The van der Waals surface area contributed by atoms with Crippen molar-refractivity contribution in [2.75, 3.05) is 0 Å². The largest absolute Gasteiger partial charge is 0.307 e. The standard InChI is InChI=1S/C33H42N4O3/c1-28(2)11-13-33(27(40)37-19-35-18-36-37)14-12-32(7)25(20(33)16-28)22(38)15-24-30(5)17-21(34-8)26(39)29(3,4)23(30)9-10-31(24,32)6/h15,17-20,23,25H,9-14,16H2,1-7H3/t20?,23-,25?,30-,31+,32+,33-/m0/s1. The van der Waals surface area contributed by atoms with Crippen LogP contribution in [0.1, 0.15) is 98.2 Å². The van der Waals surface area contributed by atoms with Crippen molar-refractivity contribution < 1.29 is 14.4 Å². The van der Waals surface area contributed by atoms with Gasteiger partial charge in [0.25, 0.3) is 5.91 Å². The number of carbonyl (C=O) groups excluding carboxylic acids is 3. The van der Waals surface area contributed by atoms with Crippen molar-refractivity contribution in [1.82, 2.24) is 14.8 Å². The van der Waals surface area contributed by atoms with Crippen molar-refractivity contribution in [3.8, 4) is 0 Å². The van der Waals surface area contributed by atoms with E-state index in [1.807, 2.05) is 26.0 Å². The molecule has 7 heteroatoms. The van der Waals surface area contributed by atoms with E-state index < -0.39 is 16.2 Å². The first-order valence-corrected chi connectivity index (χ1v) is 14.9. The van der Waals surface area contributed by atoms with Crippen LogP contribution in [0.5, 0.6) is 0 Å². The summed E-state index contributed by atoms with van der Waals surface area (Å²) >= 11 is 0. The molecule has 1 aromatic rings. The van der Waals surface area contributed by atoms with Gasteiger partial charge in [0.15, 0.2) is 11.6 Å². The lowest BCUT2D eigenvalue weighted by atomic mass is 9.34. The molecule has 0 radical (unpaired) electrons. The molecule has 212 valence electrons. The summed E-state index contributed by atoms with van der Waals surface area (Å²) in [6.45, 7) is 23.0. The smallest absolute Gasteiger partial charge is 0.254 e. The summed E-state index contributed by atoms with van der Waals surface area (Å²) in [5.41, 5.74) is -1.18. The zero-order valence-corrected chi connectivity index (χ0v) is 25.0. The van der Waals surface area contributed by atoms with E-state index in [4.69, 9.17) is 6.57 Å². The number of rotatable bonds is 1. The summed E-state index contributed by atoms with van der Waals surface area (Å²) in [4.78, 5) is 49.7. The molecule has 5 aliphatic rings. The lowest BCUT2D eigenvalue weighted by Gasteiger charge is -2.69. The van der Waals surface area contributed by atoms with E-state index in [1.54, 1.807) is 0 Å². The topological polar surface area (TPSA) is 86.3 Å². The fourth-order valence-electron chi connectivity index (χ4n) is 10.5. The second-order valence-corrected chi connectivity index (χ2v) is 15.5. The molecule has 6 rings (SSSR count). The van der Waals surface area contributed by atoms with Crippen molar-refractivity contribution >= 4 is 17.5 Å². The zero-order chi connectivity index (χ0) is 29.1. The van der Waals surface area contributed by atoms with Gasteiger partial charge in [-0.25, -0.2) is 9.83 Å². The predicted molar refractivity (Wildman–Crippen MR) is 151 cm³/mol. The zero-order valence-electron chi connectivity index (χ0n) is 25.0. The van der Waals surface area contributed by atoms with Crippen LogP contribution in [-0.2, 0) is 9.59 Å². The molecule has 1 heterocycles. The van der Waals surface area contributed by atoms with Crippen molar-refractivity contribution in [1.29, 1.82) is 0 Å². The highest BCUT2D eigenvalue weighted by Gasteiger charge is 2.70. The lowest BCUT2D eigenvalue weighted by Crippen LogP contribution is -2.66. The van der Waals surface area contributed by atoms with Gasteiger partial charge in [-0.3, -0.25) is 9.59 Å². The van der Waals surface area contributed by atoms with Crippen LogP contribution in [0, 0.1) is 56.8 Å². The molecule has 7 nitrogen and oxygen atoms in total. The predicted octanol–water partition coefficient (Wildman–Crippen LogP) is 6.49. The van der Waals surface area contributed by atoms with Crippen LogP contribution in [0.4, 0.5) is 0 Å². The number of aromatic nitrogens is 3. The van der Waals surface area contributed by atoms with E-state index in [2.05, 4.69) is 49.5 Å². The summed E-state index contributed by atoms with van der Waals surface area (Å²) in [5, 5.41) is 4.22. The fraction of sp³-hybridized carbons (Fsp3) is 0.697. The maximum atomic E-state index is 14.6. The van der Waals surface area contributed by atoms with E-state index in [0.717, 1.165) is 50.5 Å². The Morgan fingerprint density at radius 3 is 2.38 bits per heavy atom. The van der Waals surface area contributed by atoms with Crippen molar-refractivity contribution in [3.63, 3.8) is 0 Å². The average molecular weight is 543 g/mol. The van der Waals surface area contributed by atoms with E-state index >= 15 is 0 Å². The molecule has 0 aliphatic heterocycles. The third-order valence-electron chi connectivity index (χ3n) is 12.9. The third-order valence-corrected chi connectivity index (χ3v) is 12.9. The normalized spacial score (nSPS) is 43.2. The molecule has 40 heavy (non-hydrogen) atoms. The summed E-state index contributed by atoms with van der Waals surface area (Å²) < 4.78 is 1.40. The van der Waals surface area contributed by atoms with Gasteiger partial charge in [0.1, 0.15) is 12.7 Å². The van der Waals surface area contributed by atoms with Crippen LogP contribution >= 0.6 is 0 Å². The summed E-state index contributed by atoms with van der Waals surface area (Å²) in [5.74, 6) is -0.326. The first kappa shape index (κ1) is 27.3. The Morgan fingerprint density at radius 2 is 1.73 bits per heavy atom. The average Bonchev–Trinajstić information content (AvgIpc) is 3.42. The number of carbonyl (C=O) groups is 3. The van der Waals surface area contributed by atoms with Gasteiger partial charge in [0, 0.05) is 16.7 Å². The number of hydrogen-bond donors (Lipinski definition) is 0. The van der Waals surface area contributed by atoms with Crippen LogP contribution in [0.25, 0.3) is 4.85 Å². The maximum absolute atomic E-state index is 14.6. The maximum Gasteiger partial charge on any atom is 0.254 e. The molecule has 0 amide bonds. The molecule has 0 spiro atoms. The van der Waals surface area contributed by atoms with Gasteiger partial charge >= 0.3 is 0 Å².